The van der Waals surface area contributed by atoms with E-state index in [-0.39, 0.29) is 5.88 Å². The topological polar surface area (TPSA) is 47.9 Å². The number of para-hydroxylation sites is 1. The third kappa shape index (κ3) is 2.97. The first-order valence-electron chi connectivity index (χ1n) is 5.97. The minimum atomic E-state index is -2.77. The molecule has 2 aromatic heterocycles. The average Bonchev–Trinajstić information content (AvgIpc) is 2.47. The van der Waals surface area contributed by atoms with Gasteiger partial charge in [-0.15, -0.1) is 0 Å². The van der Waals surface area contributed by atoms with Crippen molar-refractivity contribution in [2.75, 3.05) is 0 Å². The molecule has 0 amide bonds. The lowest BCUT2D eigenvalue weighted by Gasteiger charge is -2.09. The summed E-state index contributed by atoms with van der Waals surface area (Å²) in [6, 6.07) is 8.50. The van der Waals surface area contributed by atoms with E-state index < -0.39 is 12.2 Å². The van der Waals surface area contributed by atoms with Gasteiger partial charge in [-0.3, -0.25) is 4.98 Å². The quantitative estimate of drug-likeness (QED) is 0.696. The number of hydrogen-bond acceptors (Lipinski definition) is 4. The number of nitrogens with zero attached hydrogens (tertiary/aromatic N) is 3. The predicted molar refractivity (Wildman–Crippen MR) is 76.5 cm³/mol. The van der Waals surface area contributed by atoms with Crippen LogP contribution in [0.5, 0.6) is 11.6 Å². The fourth-order valence-electron chi connectivity index (χ4n) is 1.80. The highest BCUT2D eigenvalue weighted by Gasteiger charge is 2.16. The van der Waals surface area contributed by atoms with E-state index in [1.54, 1.807) is 36.5 Å². The van der Waals surface area contributed by atoms with E-state index in [1.165, 1.54) is 6.20 Å². The second kappa shape index (κ2) is 5.69. The Balaban J connectivity index is 2.11. The molecule has 4 nitrogen and oxygen atoms in total. The van der Waals surface area contributed by atoms with E-state index in [2.05, 4.69) is 30.9 Å². The van der Waals surface area contributed by atoms with E-state index in [0.717, 1.165) is 0 Å². The molecule has 3 rings (SSSR count). The largest absolute Gasteiger partial charge is 0.437 e. The zero-order valence-electron chi connectivity index (χ0n) is 10.5. The maximum absolute atomic E-state index is 12.9. The van der Waals surface area contributed by atoms with Crippen LogP contribution >= 0.6 is 15.9 Å². The Morgan fingerprint density at radius 1 is 1.10 bits per heavy atom. The van der Waals surface area contributed by atoms with Gasteiger partial charge in [-0.1, -0.05) is 12.1 Å². The van der Waals surface area contributed by atoms with Gasteiger partial charge in [-0.25, -0.2) is 13.8 Å². The van der Waals surface area contributed by atoms with Gasteiger partial charge in [0.1, 0.15) is 5.75 Å². The van der Waals surface area contributed by atoms with Crippen LogP contribution < -0.4 is 4.74 Å². The van der Waals surface area contributed by atoms with Crippen molar-refractivity contribution in [1.82, 2.24) is 15.0 Å². The molecular weight excluding hydrogens is 344 g/mol. The number of hydrogen-bond donors (Lipinski definition) is 0. The first-order valence-corrected chi connectivity index (χ1v) is 6.76. The van der Waals surface area contributed by atoms with Crippen LogP contribution in [-0.4, -0.2) is 15.0 Å². The molecule has 0 saturated heterocycles. The van der Waals surface area contributed by atoms with Gasteiger partial charge in [0.05, 0.1) is 17.1 Å². The normalized spacial score (nSPS) is 11.0. The summed E-state index contributed by atoms with van der Waals surface area (Å²) in [6.45, 7) is 0. The first kappa shape index (κ1) is 13.8. The summed E-state index contributed by atoms with van der Waals surface area (Å²) in [5, 5.41) is 0.557. The maximum Gasteiger partial charge on any atom is 0.297 e. The lowest BCUT2D eigenvalue weighted by atomic mass is 10.2. The lowest BCUT2D eigenvalue weighted by Crippen LogP contribution is -1.99. The van der Waals surface area contributed by atoms with Gasteiger partial charge in [0, 0.05) is 10.7 Å². The second-order valence-corrected chi connectivity index (χ2v) is 5.06. The summed E-state index contributed by atoms with van der Waals surface area (Å²) in [6.07, 6.45) is 0.303. The summed E-state index contributed by atoms with van der Waals surface area (Å²) >= 11 is 3.27. The van der Waals surface area contributed by atoms with Crippen molar-refractivity contribution in [2.24, 2.45) is 0 Å². The van der Waals surface area contributed by atoms with Crippen molar-refractivity contribution in [3.63, 3.8) is 0 Å². The fraction of sp³-hybridized carbons (Fsp3) is 0.0714. The summed E-state index contributed by atoms with van der Waals surface area (Å²) in [5.41, 5.74) is 0.403. The van der Waals surface area contributed by atoms with Crippen LogP contribution in [0.1, 0.15) is 12.2 Å². The third-order valence-electron chi connectivity index (χ3n) is 2.68. The fourth-order valence-corrected chi connectivity index (χ4v) is 2.14. The van der Waals surface area contributed by atoms with Crippen molar-refractivity contribution >= 4 is 26.8 Å². The van der Waals surface area contributed by atoms with Crippen molar-refractivity contribution in [2.45, 2.75) is 6.43 Å². The molecule has 7 heteroatoms. The van der Waals surface area contributed by atoms with Crippen molar-refractivity contribution < 1.29 is 13.5 Å². The summed E-state index contributed by atoms with van der Waals surface area (Å²) in [4.78, 5) is 11.6. The minimum absolute atomic E-state index is 0.0794. The summed E-state index contributed by atoms with van der Waals surface area (Å²) in [5.74, 6) is -0.0871. The summed E-state index contributed by atoms with van der Waals surface area (Å²) in [7, 11) is 0. The van der Waals surface area contributed by atoms with Crippen LogP contribution in [0.25, 0.3) is 10.9 Å². The number of benzene rings is 1. The highest BCUT2D eigenvalue weighted by molar-refractivity contribution is 9.10. The maximum atomic E-state index is 12.9. The Bertz CT molecular complexity index is 798. The molecule has 1 aromatic carbocycles. The van der Waals surface area contributed by atoms with Crippen LogP contribution in [-0.2, 0) is 0 Å². The molecule has 0 aliphatic carbocycles. The van der Waals surface area contributed by atoms with E-state index in [9.17, 15) is 8.78 Å². The molecule has 0 fully saturated rings. The number of alkyl halides is 2. The molecule has 0 aliphatic rings. The summed E-state index contributed by atoms with van der Waals surface area (Å²) < 4.78 is 32.1. The van der Waals surface area contributed by atoms with Gasteiger partial charge in [-0.05, 0) is 34.1 Å². The zero-order chi connectivity index (χ0) is 14.8. The van der Waals surface area contributed by atoms with E-state index in [4.69, 9.17) is 4.74 Å². The molecule has 0 aliphatic heterocycles. The Hall–Kier alpha value is -2.15. The molecule has 0 saturated carbocycles. The number of halogens is 3. The monoisotopic (exact) mass is 351 g/mol. The van der Waals surface area contributed by atoms with Gasteiger partial charge in [-0.2, -0.15) is 4.98 Å². The van der Waals surface area contributed by atoms with Gasteiger partial charge in [0.2, 0.25) is 5.88 Å². The molecule has 106 valence electrons. The predicted octanol–water partition coefficient (Wildman–Crippen LogP) is 4.52. The molecule has 0 atom stereocenters. The van der Waals surface area contributed by atoms with E-state index >= 15 is 0 Å². The van der Waals surface area contributed by atoms with E-state index in [0.29, 0.717) is 21.1 Å². The SMILES string of the molecule is FC(F)c1nc(Oc2cncc(Br)c2)c2ccccc2n1. The second-order valence-electron chi connectivity index (χ2n) is 4.15. The van der Waals surface area contributed by atoms with Gasteiger partial charge >= 0.3 is 0 Å². The molecule has 0 unspecified atom stereocenters. The van der Waals surface area contributed by atoms with Gasteiger partial charge in [0.25, 0.3) is 6.43 Å². The molecule has 0 bridgehead atoms. The highest BCUT2D eigenvalue weighted by atomic mass is 79.9. The number of ether oxygens (including phenoxy) is 1. The molecule has 0 radical (unpaired) electrons. The van der Waals surface area contributed by atoms with Crippen molar-refractivity contribution in [3.05, 3.63) is 53.0 Å². The first-order chi connectivity index (χ1) is 10.1. The Morgan fingerprint density at radius 3 is 2.67 bits per heavy atom. The number of pyridine rings is 1. The van der Waals surface area contributed by atoms with Crippen LogP contribution in [0.2, 0.25) is 0 Å². The smallest absolute Gasteiger partial charge is 0.297 e. The number of aromatic nitrogens is 3. The molecular formula is C14H8BrF2N3O. The Kier molecular flexibility index (Phi) is 3.74. The Morgan fingerprint density at radius 2 is 1.90 bits per heavy atom. The molecule has 21 heavy (non-hydrogen) atoms. The molecule has 0 N–H and O–H groups in total. The lowest BCUT2D eigenvalue weighted by molar-refractivity contribution is 0.140. The molecule has 2 heterocycles. The van der Waals surface area contributed by atoms with Crippen molar-refractivity contribution in [1.29, 1.82) is 0 Å². The van der Waals surface area contributed by atoms with E-state index in [1.807, 2.05) is 0 Å². The van der Waals surface area contributed by atoms with Gasteiger partial charge in [0.15, 0.2) is 5.82 Å². The highest BCUT2D eigenvalue weighted by Crippen LogP contribution is 2.30. The van der Waals surface area contributed by atoms with Crippen LogP contribution in [0.4, 0.5) is 8.78 Å². The van der Waals surface area contributed by atoms with Crippen LogP contribution in [0.15, 0.2) is 47.2 Å². The Labute approximate surface area is 127 Å². The minimum Gasteiger partial charge on any atom is -0.437 e. The number of fused-ring (bicyclic) bond motifs is 1. The average molecular weight is 352 g/mol. The zero-order valence-corrected chi connectivity index (χ0v) is 12.1. The van der Waals surface area contributed by atoms with Crippen LogP contribution in [0.3, 0.4) is 0 Å². The van der Waals surface area contributed by atoms with Gasteiger partial charge < -0.3 is 4.74 Å². The number of rotatable bonds is 3. The van der Waals surface area contributed by atoms with Crippen LogP contribution in [0, 0.1) is 0 Å². The van der Waals surface area contributed by atoms with Crippen molar-refractivity contribution in [3.8, 4) is 11.6 Å². The standard InChI is InChI=1S/C14H8BrF2N3O/c15-8-5-9(7-18-6-8)21-14-10-3-1-2-4-11(10)19-13(20-14)12(16)17/h1-7,12H. The molecule has 3 aromatic rings. The molecule has 0 spiro atoms. The third-order valence-corrected chi connectivity index (χ3v) is 3.11.